The van der Waals surface area contributed by atoms with Gasteiger partial charge in [0, 0.05) is 23.7 Å². The summed E-state index contributed by atoms with van der Waals surface area (Å²) in [7, 11) is 0. The molecule has 1 amide bonds. The monoisotopic (exact) mass is 262 g/mol. The minimum atomic E-state index is -0.0610. The van der Waals surface area contributed by atoms with Crippen LogP contribution < -0.4 is 5.32 Å². The van der Waals surface area contributed by atoms with Crippen molar-refractivity contribution in [1.29, 1.82) is 0 Å². The standard InChI is InChI=1S/C13H18N4O2/c1-4-10-7-12(16-15-10)14-13(18)6-5-11-8(2)17-19-9(11)3/h7H,4-6H2,1-3H3,(H2,14,15,16,18). The van der Waals surface area contributed by atoms with Gasteiger partial charge in [-0.15, -0.1) is 0 Å². The number of carbonyl (C=O) groups is 1. The van der Waals surface area contributed by atoms with Gasteiger partial charge in [-0.3, -0.25) is 9.89 Å². The van der Waals surface area contributed by atoms with E-state index in [1.165, 1.54) is 0 Å². The largest absolute Gasteiger partial charge is 0.361 e. The van der Waals surface area contributed by atoms with Gasteiger partial charge in [0.2, 0.25) is 5.91 Å². The molecule has 6 nitrogen and oxygen atoms in total. The SMILES string of the molecule is CCc1cc(NC(=O)CCc2c(C)noc2C)n[nH]1. The fourth-order valence-electron chi connectivity index (χ4n) is 1.91. The van der Waals surface area contributed by atoms with E-state index in [-0.39, 0.29) is 5.91 Å². The van der Waals surface area contributed by atoms with E-state index in [9.17, 15) is 4.79 Å². The van der Waals surface area contributed by atoms with Crippen LogP contribution in [0.5, 0.6) is 0 Å². The van der Waals surface area contributed by atoms with Crippen LogP contribution in [0, 0.1) is 13.8 Å². The topological polar surface area (TPSA) is 83.8 Å². The van der Waals surface area contributed by atoms with Gasteiger partial charge >= 0.3 is 0 Å². The summed E-state index contributed by atoms with van der Waals surface area (Å²) in [5, 5.41) is 13.5. The van der Waals surface area contributed by atoms with Crippen molar-refractivity contribution in [3.05, 3.63) is 28.8 Å². The summed E-state index contributed by atoms with van der Waals surface area (Å²) in [4.78, 5) is 11.8. The lowest BCUT2D eigenvalue weighted by Crippen LogP contribution is -2.12. The lowest BCUT2D eigenvalue weighted by Gasteiger charge is -2.01. The Balaban J connectivity index is 1.88. The zero-order valence-electron chi connectivity index (χ0n) is 11.4. The number of anilines is 1. The minimum absolute atomic E-state index is 0.0610. The zero-order valence-corrected chi connectivity index (χ0v) is 11.4. The van der Waals surface area contributed by atoms with Gasteiger partial charge in [0.25, 0.3) is 0 Å². The molecule has 6 heteroatoms. The summed E-state index contributed by atoms with van der Waals surface area (Å²) < 4.78 is 5.06. The van der Waals surface area contributed by atoms with Gasteiger partial charge in [-0.1, -0.05) is 12.1 Å². The second kappa shape index (κ2) is 5.69. The minimum Gasteiger partial charge on any atom is -0.361 e. The first-order valence-corrected chi connectivity index (χ1v) is 6.36. The fraction of sp³-hybridized carbons (Fsp3) is 0.462. The van der Waals surface area contributed by atoms with Crippen LogP contribution in [0.1, 0.15) is 36.1 Å². The van der Waals surface area contributed by atoms with E-state index in [0.717, 1.165) is 29.1 Å². The normalized spacial score (nSPS) is 10.7. The Hall–Kier alpha value is -2.11. The van der Waals surface area contributed by atoms with Crippen LogP contribution >= 0.6 is 0 Å². The highest BCUT2D eigenvalue weighted by atomic mass is 16.5. The van der Waals surface area contributed by atoms with E-state index in [1.807, 2.05) is 26.8 Å². The molecule has 19 heavy (non-hydrogen) atoms. The molecule has 2 aromatic rings. The Kier molecular flexibility index (Phi) is 3.99. The van der Waals surface area contributed by atoms with Crippen molar-refractivity contribution in [2.45, 2.75) is 40.0 Å². The smallest absolute Gasteiger partial charge is 0.225 e. The Morgan fingerprint density at radius 2 is 2.26 bits per heavy atom. The number of nitrogens with zero attached hydrogens (tertiary/aromatic N) is 2. The molecule has 0 fully saturated rings. The van der Waals surface area contributed by atoms with Crippen LogP contribution in [0.4, 0.5) is 5.82 Å². The second-order valence-corrected chi connectivity index (χ2v) is 4.48. The molecule has 0 aliphatic heterocycles. The first kappa shape index (κ1) is 13.3. The summed E-state index contributed by atoms with van der Waals surface area (Å²) in [6.45, 7) is 5.76. The van der Waals surface area contributed by atoms with Crippen molar-refractivity contribution in [3.63, 3.8) is 0 Å². The van der Waals surface area contributed by atoms with Crippen LogP contribution in [0.15, 0.2) is 10.6 Å². The molecule has 102 valence electrons. The van der Waals surface area contributed by atoms with Crippen molar-refractivity contribution in [2.75, 3.05) is 5.32 Å². The number of aromatic amines is 1. The van der Waals surface area contributed by atoms with Crippen molar-refractivity contribution in [3.8, 4) is 0 Å². The molecular formula is C13H18N4O2. The summed E-state index contributed by atoms with van der Waals surface area (Å²) in [5.41, 5.74) is 2.85. The quantitative estimate of drug-likeness (QED) is 0.864. The third-order valence-corrected chi connectivity index (χ3v) is 3.06. The van der Waals surface area contributed by atoms with Gasteiger partial charge in [0.15, 0.2) is 5.82 Å². The van der Waals surface area contributed by atoms with Crippen molar-refractivity contribution >= 4 is 11.7 Å². The average molecular weight is 262 g/mol. The van der Waals surface area contributed by atoms with Gasteiger partial charge in [-0.25, -0.2) is 0 Å². The van der Waals surface area contributed by atoms with Crippen LogP contribution in [0.3, 0.4) is 0 Å². The number of hydrogen-bond acceptors (Lipinski definition) is 4. The van der Waals surface area contributed by atoms with E-state index in [0.29, 0.717) is 18.7 Å². The number of carbonyl (C=O) groups excluding carboxylic acids is 1. The Morgan fingerprint density at radius 3 is 2.84 bits per heavy atom. The number of amides is 1. The highest BCUT2D eigenvalue weighted by Gasteiger charge is 2.12. The summed E-state index contributed by atoms with van der Waals surface area (Å²) in [5.74, 6) is 1.29. The number of nitrogens with one attached hydrogen (secondary N) is 2. The molecule has 0 radical (unpaired) electrons. The van der Waals surface area contributed by atoms with Crippen LogP contribution in [-0.4, -0.2) is 21.3 Å². The molecule has 2 heterocycles. The van der Waals surface area contributed by atoms with Gasteiger partial charge in [-0.2, -0.15) is 5.10 Å². The van der Waals surface area contributed by atoms with Crippen LogP contribution in [0.25, 0.3) is 0 Å². The molecule has 2 N–H and O–H groups in total. The molecular weight excluding hydrogens is 244 g/mol. The Bertz CT molecular complexity index is 551. The zero-order chi connectivity index (χ0) is 13.8. The van der Waals surface area contributed by atoms with Crippen molar-refractivity contribution in [2.24, 2.45) is 0 Å². The van der Waals surface area contributed by atoms with Crippen molar-refractivity contribution < 1.29 is 9.32 Å². The molecule has 0 atom stereocenters. The number of H-pyrrole nitrogens is 1. The molecule has 0 bridgehead atoms. The number of aromatic nitrogens is 3. The predicted octanol–water partition coefficient (Wildman–Crippen LogP) is 2.15. The first-order valence-electron chi connectivity index (χ1n) is 6.36. The maximum absolute atomic E-state index is 11.8. The summed E-state index contributed by atoms with van der Waals surface area (Å²) in [6.07, 6.45) is 1.87. The third kappa shape index (κ3) is 3.21. The van der Waals surface area contributed by atoms with E-state index >= 15 is 0 Å². The third-order valence-electron chi connectivity index (χ3n) is 3.06. The van der Waals surface area contributed by atoms with E-state index in [1.54, 1.807) is 0 Å². The van der Waals surface area contributed by atoms with Crippen molar-refractivity contribution in [1.82, 2.24) is 15.4 Å². The fourth-order valence-corrected chi connectivity index (χ4v) is 1.91. The molecule has 2 rings (SSSR count). The molecule has 0 aliphatic carbocycles. The molecule has 2 aromatic heterocycles. The molecule has 0 unspecified atom stereocenters. The molecule has 0 spiro atoms. The lowest BCUT2D eigenvalue weighted by molar-refractivity contribution is -0.116. The number of hydrogen-bond donors (Lipinski definition) is 2. The van der Waals surface area contributed by atoms with Crippen LogP contribution in [0.2, 0.25) is 0 Å². The predicted molar refractivity (Wildman–Crippen MR) is 70.9 cm³/mol. The van der Waals surface area contributed by atoms with Crippen LogP contribution in [-0.2, 0) is 17.6 Å². The van der Waals surface area contributed by atoms with Gasteiger partial charge in [-0.05, 0) is 26.7 Å². The lowest BCUT2D eigenvalue weighted by atomic mass is 10.1. The van der Waals surface area contributed by atoms with E-state index in [4.69, 9.17) is 4.52 Å². The number of rotatable bonds is 5. The molecule has 0 saturated heterocycles. The van der Waals surface area contributed by atoms with E-state index < -0.39 is 0 Å². The van der Waals surface area contributed by atoms with Gasteiger partial charge in [0.1, 0.15) is 5.76 Å². The van der Waals surface area contributed by atoms with Gasteiger partial charge in [0.05, 0.1) is 5.69 Å². The maximum Gasteiger partial charge on any atom is 0.225 e. The van der Waals surface area contributed by atoms with Gasteiger partial charge < -0.3 is 9.84 Å². The summed E-state index contributed by atoms with van der Waals surface area (Å²) >= 11 is 0. The van der Waals surface area contributed by atoms with E-state index in [2.05, 4.69) is 20.7 Å². The Labute approximate surface area is 111 Å². The first-order chi connectivity index (χ1) is 9.10. The molecule has 0 saturated carbocycles. The highest BCUT2D eigenvalue weighted by molar-refractivity contribution is 5.89. The number of aryl methyl sites for hydroxylation is 3. The molecule has 0 aliphatic rings. The average Bonchev–Trinajstić information content (AvgIpc) is 2.95. The Morgan fingerprint density at radius 1 is 1.47 bits per heavy atom. The second-order valence-electron chi connectivity index (χ2n) is 4.48. The summed E-state index contributed by atoms with van der Waals surface area (Å²) in [6, 6.07) is 1.84. The molecule has 0 aromatic carbocycles. The highest BCUT2D eigenvalue weighted by Crippen LogP contribution is 2.15. The maximum atomic E-state index is 11.8.